The summed E-state index contributed by atoms with van der Waals surface area (Å²) in [6.45, 7) is 6.02. The molecule has 3 heterocycles. The van der Waals surface area contributed by atoms with E-state index < -0.39 is 11.8 Å². The normalized spacial score (nSPS) is 22.2. The Labute approximate surface area is 191 Å². The molecule has 1 saturated heterocycles. The number of hydrogen-bond donors (Lipinski definition) is 0. The zero-order valence-electron chi connectivity index (χ0n) is 18.3. The SMILES string of the molecule is CC(=O)N1CCN(Cc2ccnc(-c3cccc4c3N(C)SN4CC3CC3(F)F)c2)CC1. The molecule has 2 aliphatic heterocycles. The van der Waals surface area contributed by atoms with Gasteiger partial charge < -0.3 is 4.90 Å². The molecule has 0 radical (unpaired) electrons. The Hall–Kier alpha value is -2.39. The predicted molar refractivity (Wildman–Crippen MR) is 124 cm³/mol. The van der Waals surface area contributed by atoms with Crippen LogP contribution >= 0.6 is 12.1 Å². The second-order valence-electron chi connectivity index (χ2n) is 8.81. The van der Waals surface area contributed by atoms with Crippen molar-refractivity contribution >= 4 is 29.4 Å². The number of alkyl halides is 2. The van der Waals surface area contributed by atoms with Gasteiger partial charge in [0.1, 0.15) is 0 Å². The molecule has 1 saturated carbocycles. The van der Waals surface area contributed by atoms with Crippen LogP contribution in [0.2, 0.25) is 0 Å². The van der Waals surface area contributed by atoms with Crippen molar-refractivity contribution in [2.75, 3.05) is 48.4 Å². The molecule has 0 bridgehead atoms. The summed E-state index contributed by atoms with van der Waals surface area (Å²) in [5.74, 6) is -2.95. The maximum atomic E-state index is 13.5. The summed E-state index contributed by atoms with van der Waals surface area (Å²) in [6.07, 6.45) is 1.81. The fourth-order valence-electron chi connectivity index (χ4n) is 4.50. The van der Waals surface area contributed by atoms with Crippen molar-refractivity contribution in [2.45, 2.75) is 25.8 Å². The van der Waals surface area contributed by atoms with Gasteiger partial charge in [-0.05, 0) is 23.8 Å². The number of anilines is 2. The highest BCUT2D eigenvalue weighted by Crippen LogP contribution is 2.54. The van der Waals surface area contributed by atoms with Crippen LogP contribution in [0.4, 0.5) is 20.2 Å². The lowest BCUT2D eigenvalue weighted by molar-refractivity contribution is -0.130. The number of aromatic nitrogens is 1. The molecule has 6 nitrogen and oxygen atoms in total. The molecular formula is C23H27F2N5OS. The van der Waals surface area contributed by atoms with Gasteiger partial charge in [-0.3, -0.25) is 23.3 Å². The van der Waals surface area contributed by atoms with Gasteiger partial charge in [0.05, 0.1) is 29.2 Å². The number of halogens is 2. The summed E-state index contributed by atoms with van der Waals surface area (Å²) in [5, 5.41) is 0. The zero-order chi connectivity index (χ0) is 22.5. The maximum Gasteiger partial charge on any atom is 0.253 e. The third-order valence-electron chi connectivity index (χ3n) is 6.49. The summed E-state index contributed by atoms with van der Waals surface area (Å²) >= 11 is 1.47. The van der Waals surface area contributed by atoms with E-state index in [0.29, 0.717) is 6.54 Å². The number of rotatable bonds is 5. The van der Waals surface area contributed by atoms with Gasteiger partial charge in [-0.25, -0.2) is 8.78 Å². The Bertz CT molecular complexity index is 1030. The lowest BCUT2D eigenvalue weighted by atomic mass is 10.0. The Morgan fingerprint density at radius 2 is 1.97 bits per heavy atom. The van der Waals surface area contributed by atoms with Crippen molar-refractivity contribution in [3.05, 3.63) is 42.1 Å². The first-order valence-corrected chi connectivity index (χ1v) is 11.7. The van der Waals surface area contributed by atoms with Crippen LogP contribution in [0, 0.1) is 5.92 Å². The molecule has 2 aromatic rings. The predicted octanol–water partition coefficient (Wildman–Crippen LogP) is 3.89. The lowest BCUT2D eigenvalue weighted by Crippen LogP contribution is -2.47. The smallest absolute Gasteiger partial charge is 0.253 e. The second kappa shape index (κ2) is 8.19. The van der Waals surface area contributed by atoms with Crippen LogP contribution in [0.3, 0.4) is 0 Å². The molecule has 0 N–H and O–H groups in total. The minimum absolute atomic E-state index is 0.0208. The Morgan fingerprint density at radius 1 is 1.22 bits per heavy atom. The molecule has 1 aromatic heterocycles. The first-order chi connectivity index (χ1) is 15.3. The number of carbonyl (C=O) groups is 1. The highest BCUT2D eigenvalue weighted by Gasteiger charge is 2.57. The number of amides is 1. The van der Waals surface area contributed by atoms with Gasteiger partial charge in [0, 0.05) is 77.3 Å². The first kappa shape index (κ1) is 21.5. The molecule has 32 heavy (non-hydrogen) atoms. The number of piperazine rings is 1. The van der Waals surface area contributed by atoms with Crippen LogP contribution in [0.5, 0.6) is 0 Å². The van der Waals surface area contributed by atoms with Gasteiger partial charge in [-0.2, -0.15) is 0 Å². The van der Waals surface area contributed by atoms with Crippen LogP contribution in [0.25, 0.3) is 11.3 Å². The average Bonchev–Trinajstić information content (AvgIpc) is 3.24. The number of carbonyl (C=O) groups excluding carboxylic acids is 1. The number of nitrogens with zero attached hydrogens (tertiary/aromatic N) is 5. The van der Waals surface area contributed by atoms with Gasteiger partial charge in [-0.1, -0.05) is 12.1 Å². The van der Waals surface area contributed by atoms with Crippen molar-refractivity contribution in [1.82, 2.24) is 14.8 Å². The quantitative estimate of drug-likeness (QED) is 0.632. The van der Waals surface area contributed by atoms with Crippen molar-refractivity contribution in [3.8, 4) is 11.3 Å². The van der Waals surface area contributed by atoms with Crippen LogP contribution in [0.15, 0.2) is 36.5 Å². The number of pyridine rings is 1. The van der Waals surface area contributed by atoms with E-state index in [1.807, 2.05) is 51.0 Å². The number of benzene rings is 1. The second-order valence-corrected chi connectivity index (χ2v) is 9.96. The Balaban J connectivity index is 1.34. The fraction of sp³-hybridized carbons (Fsp3) is 0.478. The highest BCUT2D eigenvalue weighted by molar-refractivity contribution is 8.02. The van der Waals surface area contributed by atoms with E-state index in [9.17, 15) is 13.6 Å². The first-order valence-electron chi connectivity index (χ1n) is 11.0. The molecule has 1 aromatic carbocycles. The third-order valence-corrected chi connectivity index (χ3v) is 7.46. The van der Waals surface area contributed by atoms with Crippen molar-refractivity contribution in [1.29, 1.82) is 0 Å². The molecule has 170 valence electrons. The van der Waals surface area contributed by atoms with E-state index in [1.54, 1.807) is 6.92 Å². The molecule has 1 aliphatic carbocycles. The van der Waals surface area contributed by atoms with E-state index in [2.05, 4.69) is 16.0 Å². The van der Waals surface area contributed by atoms with Crippen molar-refractivity contribution < 1.29 is 13.6 Å². The monoisotopic (exact) mass is 459 g/mol. The van der Waals surface area contributed by atoms with Crippen LogP contribution in [-0.4, -0.2) is 66.4 Å². The molecule has 1 atom stereocenters. The highest BCUT2D eigenvalue weighted by atomic mass is 32.2. The fourth-order valence-corrected chi connectivity index (χ4v) is 5.55. The maximum absolute atomic E-state index is 13.5. The molecule has 2 fully saturated rings. The summed E-state index contributed by atoms with van der Waals surface area (Å²) in [6, 6.07) is 10.2. The summed E-state index contributed by atoms with van der Waals surface area (Å²) in [4.78, 5) is 20.4. The summed E-state index contributed by atoms with van der Waals surface area (Å²) < 4.78 is 31.0. The standard InChI is InChI=1S/C23H27F2N5OS/c1-16(31)29-10-8-28(9-11-29)14-17-6-7-26-20(12-17)19-4-3-5-21-22(19)27(2)32-30(21)15-18-13-23(18,24)25/h3-7,12,18H,8-11,13-15H2,1-2H3. The van der Waals surface area contributed by atoms with Crippen molar-refractivity contribution in [3.63, 3.8) is 0 Å². The number of hydrogen-bond acceptors (Lipinski definition) is 6. The van der Waals surface area contributed by atoms with Gasteiger partial charge in [0.15, 0.2) is 0 Å². The van der Waals surface area contributed by atoms with Crippen molar-refractivity contribution in [2.24, 2.45) is 5.92 Å². The number of para-hydroxylation sites is 1. The van der Waals surface area contributed by atoms with E-state index in [1.165, 1.54) is 17.7 Å². The molecule has 5 rings (SSSR count). The lowest BCUT2D eigenvalue weighted by Gasteiger charge is -2.34. The van der Waals surface area contributed by atoms with Crippen LogP contribution in [0.1, 0.15) is 18.9 Å². The summed E-state index contributed by atoms with van der Waals surface area (Å²) in [7, 11) is 1.97. The van der Waals surface area contributed by atoms with Crippen LogP contribution < -0.4 is 8.61 Å². The Kier molecular flexibility index (Phi) is 5.49. The van der Waals surface area contributed by atoms with Gasteiger partial charge in [0.2, 0.25) is 5.91 Å². The Morgan fingerprint density at radius 3 is 2.66 bits per heavy atom. The molecule has 3 aliphatic rings. The third kappa shape index (κ3) is 4.15. The minimum atomic E-state index is -2.52. The van der Waals surface area contributed by atoms with E-state index in [-0.39, 0.29) is 12.3 Å². The van der Waals surface area contributed by atoms with E-state index >= 15 is 0 Å². The molecular weight excluding hydrogens is 432 g/mol. The largest absolute Gasteiger partial charge is 0.340 e. The van der Waals surface area contributed by atoms with E-state index in [0.717, 1.165) is 55.4 Å². The van der Waals surface area contributed by atoms with E-state index in [4.69, 9.17) is 0 Å². The number of fused-ring (bicyclic) bond motifs is 1. The molecule has 9 heteroatoms. The van der Waals surface area contributed by atoms with Gasteiger partial charge >= 0.3 is 0 Å². The average molecular weight is 460 g/mol. The van der Waals surface area contributed by atoms with Gasteiger partial charge in [-0.15, -0.1) is 0 Å². The summed E-state index contributed by atoms with van der Waals surface area (Å²) in [5.41, 5.74) is 5.04. The molecule has 0 spiro atoms. The topological polar surface area (TPSA) is 42.9 Å². The van der Waals surface area contributed by atoms with Crippen LogP contribution in [-0.2, 0) is 11.3 Å². The zero-order valence-corrected chi connectivity index (χ0v) is 19.1. The minimum Gasteiger partial charge on any atom is -0.340 e. The van der Waals surface area contributed by atoms with Gasteiger partial charge in [0.25, 0.3) is 5.92 Å². The molecule has 1 unspecified atom stereocenters. The molecule has 1 amide bonds.